The van der Waals surface area contributed by atoms with E-state index in [4.69, 9.17) is 0 Å². The van der Waals surface area contributed by atoms with E-state index in [1.165, 1.54) is 6.07 Å². The summed E-state index contributed by atoms with van der Waals surface area (Å²) in [4.78, 5) is 0. The molecule has 0 spiro atoms. The molecule has 0 aliphatic rings. The van der Waals surface area contributed by atoms with Gasteiger partial charge in [-0.15, -0.1) is 0 Å². The van der Waals surface area contributed by atoms with E-state index in [1.807, 2.05) is 23.1 Å². The molecule has 0 bridgehead atoms. The van der Waals surface area contributed by atoms with Crippen molar-refractivity contribution in [2.45, 2.75) is 32.9 Å². The fourth-order valence-corrected chi connectivity index (χ4v) is 1.99. The molecular formula is C15H20FN3. The molecule has 2 rings (SSSR count). The van der Waals surface area contributed by atoms with Gasteiger partial charge in [-0.1, -0.05) is 19.1 Å². The molecule has 1 aromatic heterocycles. The summed E-state index contributed by atoms with van der Waals surface area (Å²) < 4.78 is 14.9. The molecule has 0 saturated heterocycles. The predicted octanol–water partition coefficient (Wildman–Crippen LogP) is 3.13. The third-order valence-electron chi connectivity index (χ3n) is 3.09. The van der Waals surface area contributed by atoms with Crippen LogP contribution in [0.15, 0.2) is 36.7 Å². The molecule has 1 heterocycles. The Labute approximate surface area is 113 Å². The van der Waals surface area contributed by atoms with Crippen LogP contribution >= 0.6 is 0 Å². The largest absolute Gasteiger partial charge is 0.310 e. The van der Waals surface area contributed by atoms with Gasteiger partial charge < -0.3 is 5.32 Å². The molecule has 4 heteroatoms. The first-order valence-electron chi connectivity index (χ1n) is 6.69. The fourth-order valence-electron chi connectivity index (χ4n) is 1.99. The van der Waals surface area contributed by atoms with E-state index >= 15 is 0 Å². The molecule has 0 aliphatic heterocycles. The molecule has 19 heavy (non-hydrogen) atoms. The molecule has 2 aromatic rings. The van der Waals surface area contributed by atoms with Gasteiger partial charge in [0, 0.05) is 17.8 Å². The summed E-state index contributed by atoms with van der Waals surface area (Å²) in [5.41, 5.74) is 2.08. The first-order chi connectivity index (χ1) is 9.19. The molecule has 0 amide bonds. The van der Waals surface area contributed by atoms with Crippen molar-refractivity contribution in [1.29, 1.82) is 0 Å². The van der Waals surface area contributed by atoms with Crippen LogP contribution in [0.4, 0.5) is 4.39 Å². The molecule has 3 nitrogen and oxygen atoms in total. The highest BCUT2D eigenvalue weighted by Crippen LogP contribution is 2.12. The Morgan fingerprint density at radius 1 is 1.42 bits per heavy atom. The lowest BCUT2D eigenvalue weighted by Gasteiger charge is -2.10. The van der Waals surface area contributed by atoms with Gasteiger partial charge in [-0.2, -0.15) is 5.10 Å². The summed E-state index contributed by atoms with van der Waals surface area (Å²) in [6, 6.07) is 6.92. The minimum Gasteiger partial charge on any atom is -0.310 e. The lowest BCUT2D eigenvalue weighted by atomic mass is 10.2. The van der Waals surface area contributed by atoms with Crippen LogP contribution in [0, 0.1) is 5.82 Å². The van der Waals surface area contributed by atoms with Crippen LogP contribution in [-0.4, -0.2) is 16.3 Å². The number of nitrogens with zero attached hydrogens (tertiary/aromatic N) is 2. The van der Waals surface area contributed by atoms with Gasteiger partial charge in [-0.25, -0.2) is 4.39 Å². The van der Waals surface area contributed by atoms with Gasteiger partial charge in [-0.05, 0) is 37.6 Å². The van der Waals surface area contributed by atoms with Gasteiger partial charge in [0.1, 0.15) is 5.82 Å². The molecule has 102 valence electrons. The fraction of sp³-hybridized carbons (Fsp3) is 0.400. The smallest absolute Gasteiger partial charge is 0.123 e. The molecular weight excluding hydrogens is 241 g/mol. The van der Waals surface area contributed by atoms with Crippen LogP contribution in [0.3, 0.4) is 0 Å². The Bertz CT molecular complexity index is 522. The van der Waals surface area contributed by atoms with Crippen molar-refractivity contribution in [3.63, 3.8) is 0 Å². The SMILES string of the molecule is CCCNC(C)c1cnn(Cc2cccc(F)c2)c1. The molecule has 1 atom stereocenters. The van der Waals surface area contributed by atoms with Crippen LogP contribution in [0.1, 0.15) is 37.4 Å². The first-order valence-corrected chi connectivity index (χ1v) is 6.69. The monoisotopic (exact) mass is 261 g/mol. The number of nitrogens with one attached hydrogen (secondary N) is 1. The molecule has 0 fully saturated rings. The summed E-state index contributed by atoms with van der Waals surface area (Å²) in [6.07, 6.45) is 4.99. The van der Waals surface area contributed by atoms with Gasteiger partial charge in [0.05, 0.1) is 12.7 Å². The maximum Gasteiger partial charge on any atom is 0.123 e. The van der Waals surface area contributed by atoms with Crippen LogP contribution < -0.4 is 5.32 Å². The second kappa shape index (κ2) is 6.48. The minimum absolute atomic E-state index is 0.206. The first kappa shape index (κ1) is 13.7. The van der Waals surface area contributed by atoms with Gasteiger partial charge in [0.15, 0.2) is 0 Å². The number of hydrogen-bond acceptors (Lipinski definition) is 2. The van der Waals surface area contributed by atoms with Crippen molar-refractivity contribution in [3.05, 3.63) is 53.6 Å². The molecule has 1 N–H and O–H groups in total. The van der Waals surface area contributed by atoms with E-state index in [-0.39, 0.29) is 5.82 Å². The van der Waals surface area contributed by atoms with Crippen LogP contribution in [0.2, 0.25) is 0 Å². The summed E-state index contributed by atoms with van der Waals surface area (Å²) >= 11 is 0. The van der Waals surface area contributed by atoms with Crippen molar-refractivity contribution in [1.82, 2.24) is 15.1 Å². The predicted molar refractivity (Wildman–Crippen MR) is 74.4 cm³/mol. The molecule has 0 radical (unpaired) electrons. The second-order valence-electron chi connectivity index (χ2n) is 4.78. The zero-order chi connectivity index (χ0) is 13.7. The Morgan fingerprint density at radius 3 is 3.00 bits per heavy atom. The minimum atomic E-state index is -0.206. The van der Waals surface area contributed by atoms with E-state index < -0.39 is 0 Å². The number of benzene rings is 1. The van der Waals surface area contributed by atoms with Crippen molar-refractivity contribution in [3.8, 4) is 0 Å². The van der Waals surface area contributed by atoms with Crippen molar-refractivity contribution >= 4 is 0 Å². The maximum atomic E-state index is 13.1. The van der Waals surface area contributed by atoms with Crippen LogP contribution in [0.25, 0.3) is 0 Å². The third-order valence-corrected chi connectivity index (χ3v) is 3.09. The summed E-state index contributed by atoms with van der Waals surface area (Å²) in [7, 11) is 0. The highest BCUT2D eigenvalue weighted by atomic mass is 19.1. The lowest BCUT2D eigenvalue weighted by Crippen LogP contribution is -2.18. The number of hydrogen-bond donors (Lipinski definition) is 1. The van der Waals surface area contributed by atoms with Gasteiger partial charge in [-0.3, -0.25) is 4.68 Å². The third kappa shape index (κ3) is 3.89. The Kier molecular flexibility index (Phi) is 4.68. The van der Waals surface area contributed by atoms with Gasteiger partial charge >= 0.3 is 0 Å². The zero-order valence-corrected chi connectivity index (χ0v) is 11.4. The van der Waals surface area contributed by atoms with E-state index in [0.717, 1.165) is 24.1 Å². The Balaban J connectivity index is 2.01. The van der Waals surface area contributed by atoms with E-state index in [0.29, 0.717) is 12.6 Å². The average Bonchev–Trinajstić information content (AvgIpc) is 2.84. The van der Waals surface area contributed by atoms with E-state index in [2.05, 4.69) is 24.3 Å². The standard InChI is InChI=1S/C15H20FN3/c1-3-7-17-12(2)14-9-18-19(11-14)10-13-5-4-6-15(16)8-13/h4-6,8-9,11-12,17H,3,7,10H2,1-2H3. The van der Waals surface area contributed by atoms with Crippen molar-refractivity contribution in [2.24, 2.45) is 0 Å². The highest BCUT2D eigenvalue weighted by Gasteiger charge is 2.07. The van der Waals surface area contributed by atoms with E-state index in [9.17, 15) is 4.39 Å². The summed E-state index contributed by atoms with van der Waals surface area (Å²) in [5.74, 6) is -0.206. The van der Waals surface area contributed by atoms with Crippen molar-refractivity contribution < 1.29 is 4.39 Å². The molecule has 1 unspecified atom stereocenters. The molecule has 0 saturated carbocycles. The van der Waals surface area contributed by atoms with Crippen LogP contribution in [0.5, 0.6) is 0 Å². The number of aromatic nitrogens is 2. The normalized spacial score (nSPS) is 12.6. The van der Waals surface area contributed by atoms with Crippen molar-refractivity contribution in [2.75, 3.05) is 6.54 Å². The lowest BCUT2D eigenvalue weighted by molar-refractivity contribution is 0.569. The van der Waals surface area contributed by atoms with Gasteiger partial charge in [0.25, 0.3) is 0 Å². The highest BCUT2D eigenvalue weighted by molar-refractivity contribution is 5.17. The second-order valence-corrected chi connectivity index (χ2v) is 4.78. The molecule has 0 aliphatic carbocycles. The van der Waals surface area contributed by atoms with Gasteiger partial charge in [0.2, 0.25) is 0 Å². The quantitative estimate of drug-likeness (QED) is 0.865. The maximum absolute atomic E-state index is 13.1. The molecule has 1 aromatic carbocycles. The zero-order valence-electron chi connectivity index (χ0n) is 11.4. The average molecular weight is 261 g/mol. The number of halogens is 1. The van der Waals surface area contributed by atoms with E-state index in [1.54, 1.807) is 12.1 Å². The summed E-state index contributed by atoms with van der Waals surface area (Å²) in [6.45, 7) is 5.86. The van der Waals surface area contributed by atoms with Crippen LogP contribution in [-0.2, 0) is 6.54 Å². The number of rotatable bonds is 6. The summed E-state index contributed by atoms with van der Waals surface area (Å²) in [5, 5.41) is 7.75. The Hall–Kier alpha value is -1.68. The topological polar surface area (TPSA) is 29.9 Å². The Morgan fingerprint density at radius 2 is 2.26 bits per heavy atom.